The van der Waals surface area contributed by atoms with Crippen LogP contribution in [0.15, 0.2) is 51.8 Å². The van der Waals surface area contributed by atoms with Crippen molar-refractivity contribution in [2.24, 2.45) is 5.41 Å². The second-order valence-corrected chi connectivity index (χ2v) is 10.2. The first kappa shape index (κ1) is 19.7. The lowest BCUT2D eigenvalue weighted by Crippen LogP contribution is -2.45. The molecule has 1 aliphatic rings. The highest BCUT2D eigenvalue weighted by Crippen LogP contribution is 2.40. The Kier molecular flexibility index (Phi) is 5.24. The van der Waals surface area contributed by atoms with E-state index >= 15 is 0 Å². The van der Waals surface area contributed by atoms with Crippen LogP contribution in [-0.4, -0.2) is 21.1 Å². The molecule has 0 N–H and O–H groups in total. The number of nitriles is 1. The number of nitrogens with zero attached hydrogens (tertiary/aromatic N) is 2. The molecule has 0 radical (unpaired) electrons. The highest BCUT2D eigenvalue weighted by Gasteiger charge is 2.37. The van der Waals surface area contributed by atoms with Crippen molar-refractivity contribution in [3.05, 3.63) is 52.5 Å². The number of hydrogen-bond acceptors (Lipinski definition) is 4. The highest BCUT2D eigenvalue weighted by atomic mass is 79.9. The molecule has 0 amide bonds. The Balaban J connectivity index is 2.07. The second kappa shape index (κ2) is 7.17. The van der Waals surface area contributed by atoms with Gasteiger partial charge in [-0.05, 0) is 56.7 Å². The van der Waals surface area contributed by atoms with Crippen LogP contribution in [0.1, 0.15) is 25.8 Å². The van der Waals surface area contributed by atoms with Gasteiger partial charge in [-0.1, -0.05) is 28.1 Å². The van der Waals surface area contributed by atoms with Gasteiger partial charge in [-0.3, -0.25) is 4.31 Å². The third-order valence-corrected chi connectivity index (χ3v) is 6.74. The first-order valence-corrected chi connectivity index (χ1v) is 10.8. The van der Waals surface area contributed by atoms with Crippen LogP contribution in [0.25, 0.3) is 0 Å². The monoisotopic (exact) mass is 448 g/mol. The van der Waals surface area contributed by atoms with Gasteiger partial charge in [-0.25, -0.2) is 8.42 Å². The molecule has 1 atom stereocenters. The van der Waals surface area contributed by atoms with Gasteiger partial charge >= 0.3 is 0 Å². The number of ether oxygens (including phenoxy) is 1. The molecule has 142 valence electrons. The van der Waals surface area contributed by atoms with Crippen LogP contribution in [0.4, 0.5) is 5.69 Å². The third kappa shape index (κ3) is 4.12. The van der Waals surface area contributed by atoms with E-state index in [1.165, 1.54) is 4.31 Å². The standard InChI is InChI=1S/C20H21BrN2O3S/c1-14-5-4-6-17(9-14)27(24,25)23-12-16(11-20(2,3)13-22)26-19-8-7-15(21)10-18(19)23/h4-10,16H,11-12H2,1-3H3/t16-/m1/s1. The normalized spacial score (nSPS) is 17.0. The molecule has 5 nitrogen and oxygen atoms in total. The SMILES string of the molecule is Cc1cccc(S(=O)(=O)N2C[C@@H](CC(C)(C)C#N)Oc3ccc(Br)cc32)c1. The zero-order valence-corrected chi connectivity index (χ0v) is 17.8. The fraction of sp³-hybridized carbons (Fsp3) is 0.350. The van der Waals surface area contributed by atoms with Crippen molar-refractivity contribution in [2.75, 3.05) is 10.8 Å². The summed E-state index contributed by atoms with van der Waals surface area (Å²) in [5.74, 6) is 0.499. The summed E-state index contributed by atoms with van der Waals surface area (Å²) in [5, 5.41) is 9.35. The van der Waals surface area contributed by atoms with Gasteiger partial charge in [-0.2, -0.15) is 5.26 Å². The summed E-state index contributed by atoms with van der Waals surface area (Å²) in [4.78, 5) is 0.244. The molecule has 0 aromatic heterocycles. The lowest BCUT2D eigenvalue weighted by Gasteiger charge is -2.37. The van der Waals surface area contributed by atoms with Gasteiger partial charge in [0, 0.05) is 10.9 Å². The first-order chi connectivity index (χ1) is 12.6. The van der Waals surface area contributed by atoms with Gasteiger partial charge in [0.15, 0.2) is 0 Å². The van der Waals surface area contributed by atoms with Crippen molar-refractivity contribution in [3.8, 4) is 11.8 Å². The molecule has 0 aliphatic carbocycles. The fourth-order valence-corrected chi connectivity index (χ4v) is 5.09. The summed E-state index contributed by atoms with van der Waals surface area (Å²) >= 11 is 3.41. The number of rotatable bonds is 4. The molecule has 7 heteroatoms. The van der Waals surface area contributed by atoms with Crippen LogP contribution in [0.3, 0.4) is 0 Å². The lowest BCUT2D eigenvalue weighted by molar-refractivity contribution is 0.156. The van der Waals surface area contributed by atoms with E-state index < -0.39 is 21.5 Å². The van der Waals surface area contributed by atoms with E-state index in [1.54, 1.807) is 30.3 Å². The van der Waals surface area contributed by atoms with E-state index in [1.807, 2.05) is 32.9 Å². The van der Waals surface area contributed by atoms with Crippen molar-refractivity contribution in [2.45, 2.75) is 38.2 Å². The molecule has 3 rings (SSSR count). The van der Waals surface area contributed by atoms with Crippen molar-refractivity contribution in [1.29, 1.82) is 5.26 Å². The third-order valence-electron chi connectivity index (χ3n) is 4.47. The summed E-state index contributed by atoms with van der Waals surface area (Å²) < 4.78 is 35.0. The zero-order valence-electron chi connectivity index (χ0n) is 15.4. The van der Waals surface area contributed by atoms with Crippen molar-refractivity contribution < 1.29 is 13.2 Å². The molecule has 0 saturated heterocycles. The summed E-state index contributed by atoms with van der Waals surface area (Å²) in [6, 6.07) is 14.4. The summed E-state index contributed by atoms with van der Waals surface area (Å²) in [5.41, 5.74) is 0.758. The Morgan fingerprint density at radius 2 is 2.04 bits per heavy atom. The number of hydrogen-bond donors (Lipinski definition) is 0. The second-order valence-electron chi connectivity index (χ2n) is 7.40. The molecular weight excluding hydrogens is 428 g/mol. The van der Waals surface area contributed by atoms with Crippen LogP contribution in [0.5, 0.6) is 5.75 Å². The average Bonchev–Trinajstić information content (AvgIpc) is 2.61. The molecular formula is C20H21BrN2O3S. The largest absolute Gasteiger partial charge is 0.486 e. The Bertz CT molecular complexity index is 1010. The number of benzene rings is 2. The molecule has 0 fully saturated rings. The summed E-state index contributed by atoms with van der Waals surface area (Å²) in [7, 11) is -3.76. The average molecular weight is 449 g/mol. The van der Waals surface area contributed by atoms with Gasteiger partial charge in [0.1, 0.15) is 11.9 Å². The topological polar surface area (TPSA) is 70.4 Å². The zero-order chi connectivity index (χ0) is 19.8. The maximum absolute atomic E-state index is 13.4. The first-order valence-electron chi connectivity index (χ1n) is 8.59. The predicted molar refractivity (Wildman–Crippen MR) is 108 cm³/mol. The Morgan fingerprint density at radius 1 is 1.30 bits per heavy atom. The van der Waals surface area contributed by atoms with E-state index in [4.69, 9.17) is 4.74 Å². The van der Waals surface area contributed by atoms with Crippen LogP contribution in [-0.2, 0) is 10.0 Å². The molecule has 0 unspecified atom stereocenters. The lowest BCUT2D eigenvalue weighted by atomic mass is 9.88. The highest BCUT2D eigenvalue weighted by molar-refractivity contribution is 9.10. The van der Waals surface area contributed by atoms with Gasteiger partial charge in [0.25, 0.3) is 10.0 Å². The molecule has 1 aliphatic heterocycles. The van der Waals surface area contributed by atoms with E-state index in [0.717, 1.165) is 10.0 Å². The maximum atomic E-state index is 13.4. The van der Waals surface area contributed by atoms with Gasteiger partial charge < -0.3 is 4.74 Å². The van der Waals surface area contributed by atoms with Crippen LogP contribution >= 0.6 is 15.9 Å². The van der Waals surface area contributed by atoms with Crippen molar-refractivity contribution in [3.63, 3.8) is 0 Å². The number of sulfonamides is 1. The molecule has 2 aromatic rings. The summed E-state index contributed by atoms with van der Waals surface area (Å²) in [6.07, 6.45) is 0.0201. The maximum Gasteiger partial charge on any atom is 0.264 e. The van der Waals surface area contributed by atoms with Gasteiger partial charge in [-0.15, -0.1) is 0 Å². The van der Waals surface area contributed by atoms with Crippen LogP contribution in [0, 0.1) is 23.7 Å². The Hall–Kier alpha value is -2.04. The van der Waals surface area contributed by atoms with E-state index in [0.29, 0.717) is 17.9 Å². The minimum Gasteiger partial charge on any atom is -0.486 e. The van der Waals surface area contributed by atoms with Crippen LogP contribution < -0.4 is 9.04 Å². The number of anilines is 1. The molecule has 2 aromatic carbocycles. The minimum atomic E-state index is -3.76. The van der Waals surface area contributed by atoms with Crippen molar-refractivity contribution >= 4 is 31.6 Å². The molecule has 0 saturated carbocycles. The smallest absolute Gasteiger partial charge is 0.264 e. The minimum absolute atomic E-state index is 0.158. The fourth-order valence-electron chi connectivity index (χ4n) is 3.14. The van der Waals surface area contributed by atoms with E-state index in [9.17, 15) is 13.7 Å². The quantitative estimate of drug-likeness (QED) is 0.681. The Labute approximate surface area is 168 Å². The number of aryl methyl sites for hydroxylation is 1. The molecule has 0 spiro atoms. The van der Waals surface area contributed by atoms with E-state index in [-0.39, 0.29) is 11.4 Å². The number of halogens is 1. The molecule has 27 heavy (non-hydrogen) atoms. The van der Waals surface area contributed by atoms with Gasteiger partial charge in [0.2, 0.25) is 0 Å². The van der Waals surface area contributed by atoms with Crippen molar-refractivity contribution in [1.82, 2.24) is 0 Å². The summed E-state index contributed by atoms with van der Waals surface area (Å²) in [6.45, 7) is 5.67. The Morgan fingerprint density at radius 3 is 2.70 bits per heavy atom. The van der Waals surface area contributed by atoms with Gasteiger partial charge in [0.05, 0.1) is 28.6 Å². The molecule has 1 heterocycles. The molecule has 0 bridgehead atoms. The van der Waals surface area contributed by atoms with E-state index in [2.05, 4.69) is 22.0 Å². The van der Waals surface area contributed by atoms with Crippen LogP contribution in [0.2, 0.25) is 0 Å². The number of fused-ring (bicyclic) bond motifs is 1. The predicted octanol–water partition coefficient (Wildman–Crippen LogP) is 4.65.